The van der Waals surface area contributed by atoms with Crippen LogP contribution in [0, 0.1) is 0 Å². The summed E-state index contributed by atoms with van der Waals surface area (Å²) in [5, 5.41) is 0. The van der Waals surface area contributed by atoms with Gasteiger partial charge in [-0.25, -0.2) is 0 Å². The van der Waals surface area contributed by atoms with Crippen LogP contribution in [0.1, 0.15) is 27.4 Å². The standard InChI is InChI=1S/C28H29BN2O3/c1-30-18-19-31(20-21-12-6-3-7-13-21)28(30)29-25(27(33)34-2)24(22-14-8-4-9-15-22)26(32)23-16-10-5-11-17-23/h3-19,24-25H,20,29H2,1-2H3/t24-,25-/m0/s1. The van der Waals surface area contributed by atoms with Crippen molar-refractivity contribution in [3.8, 4) is 0 Å². The van der Waals surface area contributed by atoms with Crippen LogP contribution in [0.4, 0.5) is 0 Å². The first-order valence-electron chi connectivity index (χ1n) is 11.7. The predicted molar refractivity (Wildman–Crippen MR) is 135 cm³/mol. The number of ketones is 1. The molecule has 1 heterocycles. The summed E-state index contributed by atoms with van der Waals surface area (Å²) in [4.78, 5) is 27.0. The second-order valence-electron chi connectivity index (χ2n) is 8.79. The molecule has 34 heavy (non-hydrogen) atoms. The first-order valence-corrected chi connectivity index (χ1v) is 11.7. The molecule has 0 amide bonds. The third-order valence-corrected chi connectivity index (χ3v) is 6.73. The maximum Gasteiger partial charge on any atom is 0.274 e. The number of aryl methyl sites for hydroxylation is 1. The van der Waals surface area contributed by atoms with E-state index in [2.05, 4.69) is 21.3 Å². The number of hydrogen-bond acceptors (Lipinski definition) is 3. The first-order chi connectivity index (χ1) is 16.6. The lowest BCUT2D eigenvalue weighted by Gasteiger charge is -2.28. The molecule has 0 spiro atoms. The average molecular weight is 452 g/mol. The molecule has 0 aliphatic carbocycles. The summed E-state index contributed by atoms with van der Waals surface area (Å²) in [6.07, 6.45) is 4.05. The van der Waals surface area contributed by atoms with E-state index in [1.54, 1.807) is 0 Å². The van der Waals surface area contributed by atoms with E-state index >= 15 is 0 Å². The molecule has 4 rings (SSSR count). The molecule has 0 radical (unpaired) electrons. The molecule has 0 saturated carbocycles. The monoisotopic (exact) mass is 452 g/mol. The molecule has 0 saturated heterocycles. The molecule has 0 bridgehead atoms. The van der Waals surface area contributed by atoms with Crippen molar-refractivity contribution < 1.29 is 18.9 Å². The number of methoxy groups -OCH3 is 1. The SMILES string of the molecule is COC(=O)[C@@H]([BH2-]c1n(Cc2ccccc2)cc[n+]1C)[C@@H](C(=O)c1ccccc1)c1ccccc1. The number of esters is 1. The van der Waals surface area contributed by atoms with E-state index in [-0.39, 0.29) is 11.8 Å². The minimum absolute atomic E-state index is 0.0604. The highest BCUT2D eigenvalue weighted by molar-refractivity contribution is 6.57. The van der Waals surface area contributed by atoms with Gasteiger partial charge in [0.25, 0.3) is 5.97 Å². The Morgan fingerprint density at radius 1 is 0.912 bits per heavy atom. The molecular weight excluding hydrogens is 423 g/mol. The van der Waals surface area contributed by atoms with Gasteiger partial charge in [-0.1, -0.05) is 91.0 Å². The number of nitrogens with zero attached hydrogens (tertiary/aromatic N) is 2. The normalized spacial score (nSPS) is 12.6. The molecule has 3 aromatic carbocycles. The van der Waals surface area contributed by atoms with Crippen molar-refractivity contribution in [1.29, 1.82) is 0 Å². The molecule has 0 unspecified atom stereocenters. The summed E-state index contributed by atoms with van der Waals surface area (Å²) in [6.45, 7) is 0.705. The van der Waals surface area contributed by atoms with E-state index in [0.717, 1.165) is 11.3 Å². The smallest absolute Gasteiger partial charge is 0.274 e. The topological polar surface area (TPSA) is 52.2 Å². The number of ether oxygens (including phenoxy) is 1. The Balaban J connectivity index is 1.75. The van der Waals surface area contributed by atoms with Crippen LogP contribution in [-0.2, 0) is 23.1 Å². The maximum atomic E-state index is 13.8. The van der Waals surface area contributed by atoms with Gasteiger partial charge in [0.1, 0.15) is 26.2 Å². The molecular formula is C28H29BN2O3. The van der Waals surface area contributed by atoms with E-state index in [9.17, 15) is 9.59 Å². The van der Waals surface area contributed by atoms with Crippen molar-refractivity contribution in [1.82, 2.24) is 4.57 Å². The van der Waals surface area contributed by atoms with Gasteiger partial charge in [-0.2, -0.15) is 0 Å². The van der Waals surface area contributed by atoms with Crippen LogP contribution >= 0.6 is 0 Å². The van der Waals surface area contributed by atoms with Crippen molar-refractivity contribution in [2.75, 3.05) is 7.11 Å². The lowest BCUT2D eigenvalue weighted by atomic mass is 9.55. The molecule has 0 fully saturated rings. The number of carbonyl (C=O) groups is 2. The highest BCUT2D eigenvalue weighted by Gasteiger charge is 2.34. The first kappa shape index (κ1) is 23.2. The van der Waals surface area contributed by atoms with E-state index in [1.807, 2.05) is 98.3 Å². The van der Waals surface area contributed by atoms with E-state index in [0.29, 0.717) is 12.1 Å². The Bertz CT molecular complexity index is 1240. The summed E-state index contributed by atoms with van der Waals surface area (Å²) in [5.41, 5.74) is 3.68. The zero-order valence-corrected chi connectivity index (χ0v) is 19.8. The maximum absolute atomic E-state index is 13.8. The lowest BCUT2D eigenvalue weighted by Crippen LogP contribution is -2.53. The van der Waals surface area contributed by atoms with Gasteiger partial charge in [0, 0.05) is 11.5 Å². The molecule has 2 atom stereocenters. The number of aromatic nitrogens is 2. The Hall–Kier alpha value is -3.93. The van der Waals surface area contributed by atoms with Gasteiger partial charge in [0.05, 0.1) is 19.9 Å². The summed E-state index contributed by atoms with van der Waals surface area (Å²) >= 11 is 0. The molecule has 172 valence electrons. The summed E-state index contributed by atoms with van der Waals surface area (Å²) in [7, 11) is 2.26. The fourth-order valence-electron chi connectivity index (χ4n) is 4.91. The number of Topliss-reactive ketones (excluding diaryl/α,β-unsaturated/α-hetero) is 1. The Morgan fingerprint density at radius 2 is 1.50 bits per heavy atom. The van der Waals surface area contributed by atoms with Crippen LogP contribution in [0.25, 0.3) is 0 Å². The zero-order valence-electron chi connectivity index (χ0n) is 19.8. The van der Waals surface area contributed by atoms with Crippen molar-refractivity contribution in [3.63, 3.8) is 0 Å². The number of benzene rings is 3. The van der Waals surface area contributed by atoms with Crippen molar-refractivity contribution in [2.24, 2.45) is 7.05 Å². The predicted octanol–water partition coefficient (Wildman–Crippen LogP) is 2.78. The second kappa shape index (κ2) is 10.8. The van der Waals surface area contributed by atoms with Gasteiger partial charge in [-0.05, 0) is 16.9 Å². The molecule has 4 aromatic rings. The third kappa shape index (κ3) is 5.17. The minimum atomic E-state index is -1.13. The second-order valence-corrected chi connectivity index (χ2v) is 8.79. The fraction of sp³-hybridized carbons (Fsp3) is 0.179. The van der Waals surface area contributed by atoms with Gasteiger partial charge >= 0.3 is 0 Å². The zero-order chi connectivity index (χ0) is 23.9. The van der Waals surface area contributed by atoms with Crippen molar-refractivity contribution >= 4 is 24.8 Å². The van der Waals surface area contributed by atoms with E-state index < -0.39 is 19.0 Å². The van der Waals surface area contributed by atoms with Crippen LogP contribution in [0.15, 0.2) is 103 Å². The minimum Gasteiger partial charge on any atom is -0.471 e. The molecule has 0 aliphatic heterocycles. The summed E-state index contributed by atoms with van der Waals surface area (Å²) in [5.74, 6) is -1.58. The third-order valence-electron chi connectivity index (χ3n) is 6.73. The van der Waals surface area contributed by atoms with Crippen LogP contribution in [0.5, 0.6) is 0 Å². The molecule has 1 aromatic heterocycles. The lowest BCUT2D eigenvalue weighted by molar-refractivity contribution is -0.653. The molecule has 0 aliphatic rings. The Labute approximate surface area is 200 Å². The quantitative estimate of drug-likeness (QED) is 0.170. The van der Waals surface area contributed by atoms with Gasteiger partial charge in [-0.3, -0.25) is 18.7 Å². The average Bonchev–Trinajstić information content (AvgIpc) is 3.23. The van der Waals surface area contributed by atoms with E-state index in [4.69, 9.17) is 4.74 Å². The highest BCUT2D eigenvalue weighted by atomic mass is 16.5. The van der Waals surface area contributed by atoms with Crippen molar-refractivity contribution in [2.45, 2.75) is 18.3 Å². The van der Waals surface area contributed by atoms with Crippen LogP contribution in [-0.4, -0.2) is 30.7 Å². The number of hydrogen-bond donors (Lipinski definition) is 0. The Morgan fingerprint density at radius 3 is 2.12 bits per heavy atom. The van der Waals surface area contributed by atoms with Crippen LogP contribution in [0.2, 0.25) is 5.82 Å². The number of rotatable bonds is 9. The van der Waals surface area contributed by atoms with Gasteiger partial charge in [0.2, 0.25) is 0 Å². The summed E-state index contributed by atoms with van der Waals surface area (Å²) in [6, 6.07) is 29.0. The van der Waals surface area contributed by atoms with Gasteiger partial charge in [0.15, 0.2) is 5.78 Å². The van der Waals surface area contributed by atoms with Crippen LogP contribution < -0.4 is 10.3 Å². The molecule has 0 N–H and O–H groups in total. The fourth-order valence-corrected chi connectivity index (χ4v) is 4.91. The summed E-state index contributed by atoms with van der Waals surface area (Å²) < 4.78 is 9.51. The van der Waals surface area contributed by atoms with E-state index in [1.165, 1.54) is 12.7 Å². The van der Waals surface area contributed by atoms with Gasteiger partial charge in [-0.15, -0.1) is 0 Å². The highest BCUT2D eigenvalue weighted by Crippen LogP contribution is 2.33. The largest absolute Gasteiger partial charge is 0.471 e. The number of imidazole rings is 1. The van der Waals surface area contributed by atoms with Gasteiger partial charge < -0.3 is 4.74 Å². The molecule has 5 nitrogen and oxygen atoms in total. The Kier molecular flexibility index (Phi) is 7.38. The van der Waals surface area contributed by atoms with Crippen LogP contribution in [0.3, 0.4) is 0 Å². The molecule has 6 heteroatoms. The number of carbonyl (C=O) groups excluding carboxylic acids is 2. The van der Waals surface area contributed by atoms with Crippen molar-refractivity contribution in [3.05, 3.63) is 120 Å².